The predicted octanol–water partition coefficient (Wildman–Crippen LogP) is 4.35. The van der Waals surface area contributed by atoms with E-state index in [1.54, 1.807) is 11.3 Å². The van der Waals surface area contributed by atoms with E-state index < -0.39 is 5.60 Å². The van der Waals surface area contributed by atoms with Crippen molar-refractivity contribution in [3.8, 4) is 0 Å². The van der Waals surface area contributed by atoms with E-state index in [4.69, 9.17) is 0 Å². The molecule has 1 N–H and O–H groups in total. The average Bonchev–Trinajstić information content (AvgIpc) is 2.87. The first-order valence-corrected chi connectivity index (χ1v) is 7.28. The van der Waals surface area contributed by atoms with Crippen molar-refractivity contribution in [2.24, 2.45) is 0 Å². The number of thiophene rings is 1. The third-order valence-corrected chi connectivity index (χ3v) is 4.41. The van der Waals surface area contributed by atoms with Crippen molar-refractivity contribution >= 4 is 21.4 Å². The highest BCUT2D eigenvalue weighted by molar-refractivity contribution is 7.17. The topological polar surface area (TPSA) is 20.2 Å². The molecular formula is C17H16OS. The molecular weight excluding hydrogens is 252 g/mol. The van der Waals surface area contributed by atoms with Crippen LogP contribution in [0.25, 0.3) is 10.1 Å². The Morgan fingerprint density at radius 2 is 1.79 bits per heavy atom. The summed E-state index contributed by atoms with van der Waals surface area (Å²) in [5.41, 5.74) is 1.33. The first-order chi connectivity index (χ1) is 9.17. The highest BCUT2D eigenvalue weighted by Crippen LogP contribution is 2.34. The Bertz CT molecular complexity index is 683. The maximum Gasteiger partial charge on any atom is 0.0922 e. The molecule has 3 rings (SSSR count). The first-order valence-electron chi connectivity index (χ1n) is 6.40. The number of hydrogen-bond donors (Lipinski definition) is 1. The molecule has 96 valence electrons. The monoisotopic (exact) mass is 268 g/mol. The highest BCUT2D eigenvalue weighted by atomic mass is 32.1. The summed E-state index contributed by atoms with van der Waals surface area (Å²) in [4.78, 5) is 0. The fourth-order valence-corrected chi connectivity index (χ4v) is 3.54. The van der Waals surface area contributed by atoms with Gasteiger partial charge < -0.3 is 5.11 Å². The highest BCUT2D eigenvalue weighted by Gasteiger charge is 2.25. The van der Waals surface area contributed by atoms with E-state index in [1.165, 1.54) is 10.1 Å². The van der Waals surface area contributed by atoms with Gasteiger partial charge in [0.25, 0.3) is 0 Å². The molecule has 0 spiro atoms. The van der Waals surface area contributed by atoms with Crippen molar-refractivity contribution in [1.82, 2.24) is 0 Å². The Morgan fingerprint density at radius 1 is 1.00 bits per heavy atom. The van der Waals surface area contributed by atoms with E-state index >= 15 is 0 Å². The lowest BCUT2D eigenvalue weighted by atomic mass is 9.88. The van der Waals surface area contributed by atoms with E-state index in [-0.39, 0.29) is 0 Å². The molecule has 0 aliphatic carbocycles. The minimum atomic E-state index is -0.842. The maximum atomic E-state index is 10.9. The summed E-state index contributed by atoms with van der Waals surface area (Å²) in [5, 5.41) is 14.1. The van der Waals surface area contributed by atoms with E-state index in [1.807, 2.05) is 37.3 Å². The van der Waals surface area contributed by atoms with Crippen LogP contribution in [-0.2, 0) is 12.0 Å². The summed E-state index contributed by atoms with van der Waals surface area (Å²) < 4.78 is 1.18. The summed E-state index contributed by atoms with van der Waals surface area (Å²) in [5.74, 6) is 0. The Balaban J connectivity index is 2.02. The van der Waals surface area contributed by atoms with Crippen LogP contribution in [0.5, 0.6) is 0 Å². The van der Waals surface area contributed by atoms with Crippen LogP contribution in [0.3, 0.4) is 0 Å². The van der Waals surface area contributed by atoms with Crippen molar-refractivity contribution in [3.05, 3.63) is 71.1 Å². The largest absolute Gasteiger partial charge is 0.385 e. The van der Waals surface area contributed by atoms with Gasteiger partial charge in [-0.05, 0) is 29.3 Å². The number of rotatable bonds is 3. The molecule has 1 heterocycles. The molecule has 0 aliphatic rings. The van der Waals surface area contributed by atoms with Crippen LogP contribution in [-0.4, -0.2) is 5.11 Å². The van der Waals surface area contributed by atoms with Crippen molar-refractivity contribution in [1.29, 1.82) is 0 Å². The van der Waals surface area contributed by atoms with Gasteiger partial charge in [0.15, 0.2) is 0 Å². The SMILES string of the molecule is CC(O)(Cc1ccccc1)c1cccc2ccsc12. The first kappa shape index (κ1) is 12.4. The lowest BCUT2D eigenvalue weighted by molar-refractivity contribution is 0.0593. The molecule has 0 fully saturated rings. The smallest absolute Gasteiger partial charge is 0.0922 e. The lowest BCUT2D eigenvalue weighted by Crippen LogP contribution is -2.24. The summed E-state index contributed by atoms with van der Waals surface area (Å²) in [6, 6.07) is 18.4. The molecule has 0 aliphatic heterocycles. The van der Waals surface area contributed by atoms with Gasteiger partial charge in [-0.25, -0.2) is 0 Å². The fourth-order valence-electron chi connectivity index (χ4n) is 2.51. The van der Waals surface area contributed by atoms with Crippen LogP contribution in [0.1, 0.15) is 18.1 Å². The number of aliphatic hydroxyl groups is 1. The maximum absolute atomic E-state index is 10.9. The second kappa shape index (κ2) is 4.80. The van der Waals surface area contributed by atoms with Crippen LogP contribution in [0.2, 0.25) is 0 Å². The summed E-state index contributed by atoms with van der Waals surface area (Å²) in [7, 11) is 0. The van der Waals surface area contributed by atoms with Crippen molar-refractivity contribution in [2.45, 2.75) is 18.9 Å². The Kier molecular flexibility index (Phi) is 3.13. The van der Waals surface area contributed by atoms with Crippen LogP contribution in [0.15, 0.2) is 60.0 Å². The second-order valence-corrected chi connectivity index (χ2v) is 6.00. The molecule has 1 aromatic heterocycles. The second-order valence-electron chi connectivity index (χ2n) is 5.08. The Hall–Kier alpha value is -1.64. The van der Waals surface area contributed by atoms with Gasteiger partial charge in [0.1, 0.15) is 0 Å². The molecule has 2 heteroatoms. The standard InChI is InChI=1S/C17H16OS/c1-17(18,12-13-6-3-2-4-7-13)15-9-5-8-14-10-11-19-16(14)15/h2-11,18H,12H2,1H3. The average molecular weight is 268 g/mol. The van der Waals surface area contributed by atoms with Crippen LogP contribution in [0, 0.1) is 0 Å². The third-order valence-electron chi connectivity index (χ3n) is 3.45. The van der Waals surface area contributed by atoms with Crippen LogP contribution < -0.4 is 0 Å². The molecule has 1 nitrogen and oxygen atoms in total. The number of benzene rings is 2. The zero-order chi connectivity index (χ0) is 13.3. The van der Waals surface area contributed by atoms with Gasteiger partial charge in [-0.15, -0.1) is 11.3 Å². The minimum Gasteiger partial charge on any atom is -0.385 e. The third kappa shape index (κ3) is 2.42. The molecule has 0 amide bonds. The van der Waals surface area contributed by atoms with Gasteiger partial charge in [0.05, 0.1) is 5.60 Å². The van der Waals surface area contributed by atoms with Crippen molar-refractivity contribution < 1.29 is 5.11 Å². The molecule has 0 saturated carbocycles. The normalized spacial score (nSPS) is 14.4. The van der Waals surface area contributed by atoms with Crippen LogP contribution >= 0.6 is 11.3 Å². The van der Waals surface area contributed by atoms with Gasteiger partial charge in [-0.2, -0.15) is 0 Å². The van der Waals surface area contributed by atoms with E-state index in [0.29, 0.717) is 6.42 Å². The molecule has 2 aromatic carbocycles. The molecule has 19 heavy (non-hydrogen) atoms. The minimum absolute atomic E-state index is 0.630. The molecule has 3 aromatic rings. The van der Waals surface area contributed by atoms with Gasteiger partial charge in [-0.3, -0.25) is 0 Å². The zero-order valence-electron chi connectivity index (χ0n) is 10.8. The van der Waals surface area contributed by atoms with Gasteiger partial charge >= 0.3 is 0 Å². The molecule has 1 unspecified atom stereocenters. The molecule has 0 radical (unpaired) electrons. The quantitative estimate of drug-likeness (QED) is 0.748. The van der Waals surface area contributed by atoms with E-state index in [9.17, 15) is 5.11 Å². The van der Waals surface area contributed by atoms with Gasteiger partial charge in [-0.1, -0.05) is 48.5 Å². The molecule has 0 saturated heterocycles. The Morgan fingerprint density at radius 3 is 2.58 bits per heavy atom. The lowest BCUT2D eigenvalue weighted by Gasteiger charge is -2.24. The summed E-state index contributed by atoms with van der Waals surface area (Å²) >= 11 is 1.69. The fraction of sp³-hybridized carbons (Fsp3) is 0.176. The van der Waals surface area contributed by atoms with Crippen molar-refractivity contribution in [2.75, 3.05) is 0 Å². The summed E-state index contributed by atoms with van der Waals surface area (Å²) in [6.07, 6.45) is 0.630. The molecule has 0 bridgehead atoms. The number of hydrogen-bond acceptors (Lipinski definition) is 2. The number of fused-ring (bicyclic) bond motifs is 1. The predicted molar refractivity (Wildman–Crippen MR) is 81.5 cm³/mol. The molecule has 1 atom stereocenters. The van der Waals surface area contributed by atoms with Gasteiger partial charge in [0.2, 0.25) is 0 Å². The zero-order valence-corrected chi connectivity index (χ0v) is 11.7. The van der Waals surface area contributed by atoms with Crippen molar-refractivity contribution in [3.63, 3.8) is 0 Å². The Labute approximate surface area is 117 Å². The van der Waals surface area contributed by atoms with E-state index in [2.05, 4.69) is 29.6 Å². The summed E-state index contributed by atoms with van der Waals surface area (Å²) in [6.45, 7) is 1.90. The van der Waals surface area contributed by atoms with Crippen LogP contribution in [0.4, 0.5) is 0 Å². The van der Waals surface area contributed by atoms with E-state index in [0.717, 1.165) is 11.1 Å². The van der Waals surface area contributed by atoms with Gasteiger partial charge in [0, 0.05) is 16.7 Å².